The minimum atomic E-state index is -3.27. The molecule has 96 valence electrons. The normalized spacial score (nSPS) is 11.8. The summed E-state index contributed by atoms with van der Waals surface area (Å²) in [6.45, 7) is 4.41. The monoisotopic (exact) mass is 320 g/mol. The predicted molar refractivity (Wildman–Crippen MR) is 74.7 cm³/mol. The molecule has 0 radical (unpaired) electrons. The second kappa shape index (κ2) is 6.37. The SMILES string of the molecule is CC(C)NCCS(=O)(=O)Nc1ccc(Br)cc1. The van der Waals surface area contributed by atoms with Crippen molar-refractivity contribution in [1.82, 2.24) is 5.32 Å². The molecule has 0 bridgehead atoms. The van der Waals surface area contributed by atoms with E-state index in [1.807, 2.05) is 13.8 Å². The van der Waals surface area contributed by atoms with E-state index in [1.165, 1.54) is 0 Å². The van der Waals surface area contributed by atoms with Crippen molar-refractivity contribution < 1.29 is 8.42 Å². The van der Waals surface area contributed by atoms with Gasteiger partial charge in [-0.3, -0.25) is 4.72 Å². The van der Waals surface area contributed by atoms with Gasteiger partial charge >= 0.3 is 0 Å². The van der Waals surface area contributed by atoms with Crippen LogP contribution in [-0.4, -0.2) is 26.8 Å². The molecule has 1 rings (SSSR count). The van der Waals surface area contributed by atoms with Gasteiger partial charge in [0.2, 0.25) is 10.0 Å². The molecule has 0 aromatic heterocycles. The highest BCUT2D eigenvalue weighted by atomic mass is 79.9. The van der Waals surface area contributed by atoms with Crippen LogP contribution in [0.1, 0.15) is 13.8 Å². The quantitative estimate of drug-likeness (QED) is 0.844. The number of sulfonamides is 1. The third-order valence-electron chi connectivity index (χ3n) is 2.04. The first-order chi connectivity index (χ1) is 7.89. The van der Waals surface area contributed by atoms with Gasteiger partial charge in [0.1, 0.15) is 0 Å². The Morgan fingerprint density at radius 2 is 1.82 bits per heavy atom. The van der Waals surface area contributed by atoms with E-state index in [1.54, 1.807) is 24.3 Å². The maximum absolute atomic E-state index is 11.7. The third-order valence-corrected chi connectivity index (χ3v) is 3.86. The average Bonchev–Trinajstić information content (AvgIpc) is 2.20. The first kappa shape index (κ1) is 14.5. The molecule has 0 unspecified atom stereocenters. The molecule has 0 amide bonds. The second-order valence-corrected chi connectivity index (χ2v) is 6.79. The lowest BCUT2D eigenvalue weighted by atomic mass is 10.3. The van der Waals surface area contributed by atoms with E-state index >= 15 is 0 Å². The van der Waals surface area contributed by atoms with E-state index < -0.39 is 10.0 Å². The summed E-state index contributed by atoms with van der Waals surface area (Å²) in [5, 5.41) is 3.07. The van der Waals surface area contributed by atoms with Gasteiger partial charge in [0.25, 0.3) is 0 Å². The van der Waals surface area contributed by atoms with Crippen molar-refractivity contribution in [1.29, 1.82) is 0 Å². The summed E-state index contributed by atoms with van der Waals surface area (Å²) < 4.78 is 26.9. The van der Waals surface area contributed by atoms with Gasteiger partial charge in [-0.05, 0) is 24.3 Å². The van der Waals surface area contributed by atoms with Crippen LogP contribution >= 0.6 is 15.9 Å². The zero-order chi connectivity index (χ0) is 12.9. The van der Waals surface area contributed by atoms with E-state index in [2.05, 4.69) is 26.0 Å². The van der Waals surface area contributed by atoms with Gasteiger partial charge in [0, 0.05) is 22.7 Å². The number of hydrogen-bond acceptors (Lipinski definition) is 3. The number of nitrogens with one attached hydrogen (secondary N) is 2. The standard InChI is InChI=1S/C11H17BrN2O2S/c1-9(2)13-7-8-17(15,16)14-11-5-3-10(12)4-6-11/h3-6,9,13-14H,7-8H2,1-2H3. The summed E-state index contributed by atoms with van der Waals surface area (Å²) >= 11 is 3.30. The van der Waals surface area contributed by atoms with Crippen molar-refractivity contribution >= 4 is 31.6 Å². The van der Waals surface area contributed by atoms with E-state index in [-0.39, 0.29) is 11.8 Å². The minimum Gasteiger partial charge on any atom is -0.313 e. The maximum atomic E-state index is 11.7. The van der Waals surface area contributed by atoms with Crippen LogP contribution in [0.25, 0.3) is 0 Å². The molecule has 0 aliphatic carbocycles. The topological polar surface area (TPSA) is 58.2 Å². The highest BCUT2D eigenvalue weighted by Gasteiger charge is 2.09. The largest absolute Gasteiger partial charge is 0.313 e. The van der Waals surface area contributed by atoms with Crippen molar-refractivity contribution in [3.8, 4) is 0 Å². The fraction of sp³-hybridized carbons (Fsp3) is 0.455. The molecule has 0 saturated carbocycles. The van der Waals surface area contributed by atoms with E-state index in [0.717, 1.165) is 4.47 Å². The van der Waals surface area contributed by atoms with Crippen LogP contribution in [0, 0.1) is 0 Å². The van der Waals surface area contributed by atoms with Crippen LogP contribution in [0.3, 0.4) is 0 Å². The zero-order valence-electron chi connectivity index (χ0n) is 9.90. The van der Waals surface area contributed by atoms with Crippen LogP contribution in [0.5, 0.6) is 0 Å². The Hall–Kier alpha value is -0.590. The summed E-state index contributed by atoms with van der Waals surface area (Å²) in [6, 6.07) is 7.32. The molecule has 1 aromatic carbocycles. The van der Waals surface area contributed by atoms with Gasteiger partial charge in [-0.25, -0.2) is 8.42 Å². The molecule has 0 fully saturated rings. The molecule has 0 heterocycles. The summed E-state index contributed by atoms with van der Waals surface area (Å²) in [7, 11) is -3.27. The highest BCUT2D eigenvalue weighted by molar-refractivity contribution is 9.10. The molecular weight excluding hydrogens is 304 g/mol. The Kier molecular flexibility index (Phi) is 5.42. The van der Waals surface area contributed by atoms with Crippen LogP contribution in [0.4, 0.5) is 5.69 Å². The van der Waals surface area contributed by atoms with Crippen LogP contribution < -0.4 is 10.0 Å². The molecule has 17 heavy (non-hydrogen) atoms. The molecular formula is C11H17BrN2O2S. The van der Waals surface area contributed by atoms with Crippen molar-refractivity contribution in [3.05, 3.63) is 28.7 Å². The van der Waals surface area contributed by atoms with Crippen LogP contribution in [0.15, 0.2) is 28.7 Å². The summed E-state index contributed by atoms with van der Waals surface area (Å²) in [4.78, 5) is 0. The minimum absolute atomic E-state index is 0.0707. The Morgan fingerprint density at radius 3 is 2.35 bits per heavy atom. The number of halogens is 1. The van der Waals surface area contributed by atoms with Crippen molar-refractivity contribution in [2.24, 2.45) is 0 Å². The van der Waals surface area contributed by atoms with E-state index in [4.69, 9.17) is 0 Å². The molecule has 0 aliphatic rings. The molecule has 1 aromatic rings. The number of benzene rings is 1. The molecule has 0 saturated heterocycles. The van der Waals surface area contributed by atoms with Crippen molar-refractivity contribution in [3.63, 3.8) is 0 Å². The predicted octanol–water partition coefficient (Wildman–Crippen LogP) is 2.19. The fourth-order valence-corrected chi connectivity index (χ4v) is 2.48. The Morgan fingerprint density at radius 1 is 1.24 bits per heavy atom. The molecule has 2 N–H and O–H groups in total. The lowest BCUT2D eigenvalue weighted by Gasteiger charge is -2.10. The molecule has 4 nitrogen and oxygen atoms in total. The fourth-order valence-electron chi connectivity index (χ4n) is 1.23. The summed E-state index contributed by atoms with van der Waals surface area (Å²) in [5.74, 6) is 0.0707. The molecule has 6 heteroatoms. The Labute approximate surface area is 111 Å². The second-order valence-electron chi connectivity index (χ2n) is 4.04. The van der Waals surface area contributed by atoms with E-state index in [9.17, 15) is 8.42 Å². The maximum Gasteiger partial charge on any atom is 0.233 e. The first-order valence-electron chi connectivity index (χ1n) is 5.38. The first-order valence-corrected chi connectivity index (χ1v) is 7.83. The van der Waals surface area contributed by atoms with Gasteiger partial charge in [-0.1, -0.05) is 29.8 Å². The van der Waals surface area contributed by atoms with Gasteiger partial charge in [0.15, 0.2) is 0 Å². The zero-order valence-corrected chi connectivity index (χ0v) is 12.3. The van der Waals surface area contributed by atoms with Gasteiger partial charge in [-0.15, -0.1) is 0 Å². The van der Waals surface area contributed by atoms with Crippen molar-refractivity contribution in [2.75, 3.05) is 17.0 Å². The van der Waals surface area contributed by atoms with E-state index in [0.29, 0.717) is 12.2 Å². The van der Waals surface area contributed by atoms with Gasteiger partial charge in [0.05, 0.1) is 5.75 Å². The summed E-state index contributed by atoms with van der Waals surface area (Å²) in [5.41, 5.74) is 0.581. The molecule has 0 atom stereocenters. The van der Waals surface area contributed by atoms with Crippen LogP contribution in [-0.2, 0) is 10.0 Å². The lowest BCUT2D eigenvalue weighted by Crippen LogP contribution is -2.30. The average molecular weight is 321 g/mol. The number of hydrogen-bond donors (Lipinski definition) is 2. The van der Waals surface area contributed by atoms with Crippen LogP contribution in [0.2, 0.25) is 0 Å². The van der Waals surface area contributed by atoms with Crippen molar-refractivity contribution in [2.45, 2.75) is 19.9 Å². The number of rotatable bonds is 6. The third kappa shape index (κ3) is 6.05. The Bertz CT molecular complexity index is 443. The highest BCUT2D eigenvalue weighted by Crippen LogP contribution is 2.15. The molecule has 0 spiro atoms. The molecule has 0 aliphatic heterocycles. The van der Waals surface area contributed by atoms with Gasteiger partial charge < -0.3 is 5.32 Å². The smallest absolute Gasteiger partial charge is 0.233 e. The Balaban J connectivity index is 2.52. The lowest BCUT2D eigenvalue weighted by molar-refractivity contribution is 0.582. The van der Waals surface area contributed by atoms with Gasteiger partial charge in [-0.2, -0.15) is 0 Å². The summed E-state index contributed by atoms with van der Waals surface area (Å²) in [6.07, 6.45) is 0. The number of anilines is 1.